The number of benzene rings is 1. The van der Waals surface area contributed by atoms with Gasteiger partial charge < -0.3 is 19.9 Å². The van der Waals surface area contributed by atoms with Crippen LogP contribution in [0, 0.1) is 10.1 Å². The molecule has 2 N–H and O–H groups in total. The molecule has 0 saturated carbocycles. The molecular formula is C12H11ClN2O7. The van der Waals surface area contributed by atoms with Gasteiger partial charge in [0.25, 0.3) is 5.69 Å². The van der Waals surface area contributed by atoms with Crippen LogP contribution in [0.3, 0.4) is 0 Å². The average Bonchev–Trinajstić information content (AvgIpc) is 2.48. The fourth-order valence-corrected chi connectivity index (χ4v) is 1.60. The smallest absolute Gasteiger partial charge is 0.354 e. The van der Waals surface area contributed by atoms with Gasteiger partial charge in [0.1, 0.15) is 16.5 Å². The van der Waals surface area contributed by atoms with Crippen molar-refractivity contribution in [2.45, 2.75) is 0 Å². The number of hydrogen-bond donors (Lipinski definition) is 2. The number of esters is 2. The van der Waals surface area contributed by atoms with Crippen molar-refractivity contribution in [3.8, 4) is 5.75 Å². The van der Waals surface area contributed by atoms with E-state index in [1.807, 2.05) is 0 Å². The molecule has 0 atom stereocenters. The Bertz CT molecular complexity index is 657. The Hall–Kier alpha value is -2.81. The van der Waals surface area contributed by atoms with E-state index < -0.39 is 28.3 Å². The summed E-state index contributed by atoms with van der Waals surface area (Å²) in [4.78, 5) is 32.7. The SMILES string of the molecule is COC(=O)/C=C(/Nc1cc(Cl)c([N+](=O)[O-])cc1O)C(=O)OC. The van der Waals surface area contributed by atoms with E-state index in [4.69, 9.17) is 11.6 Å². The number of anilines is 1. The number of methoxy groups -OCH3 is 2. The van der Waals surface area contributed by atoms with E-state index in [1.165, 1.54) is 0 Å². The molecule has 0 unspecified atom stereocenters. The number of carbonyl (C=O) groups is 2. The zero-order chi connectivity index (χ0) is 16.9. The molecule has 0 heterocycles. The molecule has 0 fully saturated rings. The fraction of sp³-hybridized carbons (Fsp3) is 0.167. The van der Waals surface area contributed by atoms with Crippen LogP contribution in [0.5, 0.6) is 5.75 Å². The number of nitro benzene ring substituents is 1. The van der Waals surface area contributed by atoms with Gasteiger partial charge in [0.15, 0.2) is 0 Å². The Morgan fingerprint density at radius 3 is 2.50 bits per heavy atom. The van der Waals surface area contributed by atoms with Crippen LogP contribution in [0.2, 0.25) is 5.02 Å². The maximum Gasteiger partial charge on any atom is 0.354 e. The monoisotopic (exact) mass is 330 g/mol. The molecule has 1 aromatic rings. The highest BCUT2D eigenvalue weighted by Gasteiger charge is 2.19. The standard InChI is InChI=1S/C12H11ClN2O7/c1-21-11(17)4-8(12(18)22-2)14-7-3-6(13)9(15(19)20)5-10(7)16/h3-5,14,16H,1-2H3/b8-4+. The lowest BCUT2D eigenvalue weighted by Crippen LogP contribution is -2.15. The van der Waals surface area contributed by atoms with E-state index in [0.717, 1.165) is 32.4 Å². The third kappa shape index (κ3) is 4.09. The summed E-state index contributed by atoms with van der Waals surface area (Å²) >= 11 is 5.71. The molecule has 10 heteroatoms. The molecular weight excluding hydrogens is 320 g/mol. The molecule has 0 amide bonds. The summed E-state index contributed by atoms with van der Waals surface area (Å²) in [7, 11) is 2.19. The van der Waals surface area contributed by atoms with Gasteiger partial charge in [-0.2, -0.15) is 0 Å². The number of hydrogen-bond acceptors (Lipinski definition) is 8. The summed E-state index contributed by atoms with van der Waals surface area (Å²) in [5.74, 6) is -2.31. The van der Waals surface area contributed by atoms with Crippen LogP contribution in [-0.4, -0.2) is 36.2 Å². The first kappa shape index (κ1) is 17.2. The second-order valence-corrected chi connectivity index (χ2v) is 4.18. The molecule has 22 heavy (non-hydrogen) atoms. The Balaban J connectivity index is 3.22. The highest BCUT2D eigenvalue weighted by Crippen LogP contribution is 2.35. The van der Waals surface area contributed by atoms with E-state index in [-0.39, 0.29) is 16.4 Å². The summed E-state index contributed by atoms with van der Waals surface area (Å²) in [5.41, 5.74) is -0.994. The van der Waals surface area contributed by atoms with Crippen molar-refractivity contribution in [1.29, 1.82) is 0 Å². The summed E-state index contributed by atoms with van der Waals surface area (Å²) < 4.78 is 8.84. The number of phenolic OH excluding ortho intramolecular Hbond substituents is 1. The van der Waals surface area contributed by atoms with Crippen LogP contribution in [0.25, 0.3) is 0 Å². The molecule has 0 aliphatic carbocycles. The minimum atomic E-state index is -0.917. The maximum absolute atomic E-state index is 11.6. The van der Waals surface area contributed by atoms with Crippen molar-refractivity contribution in [2.75, 3.05) is 19.5 Å². The molecule has 0 radical (unpaired) electrons. The van der Waals surface area contributed by atoms with Crippen molar-refractivity contribution >= 4 is 34.9 Å². The predicted octanol–water partition coefficient (Wildman–Crippen LogP) is 1.60. The van der Waals surface area contributed by atoms with E-state index in [0.29, 0.717) is 0 Å². The normalized spacial score (nSPS) is 10.8. The lowest BCUT2D eigenvalue weighted by molar-refractivity contribution is -0.384. The van der Waals surface area contributed by atoms with Crippen molar-refractivity contribution in [2.24, 2.45) is 0 Å². The van der Waals surface area contributed by atoms with E-state index >= 15 is 0 Å². The number of nitro groups is 1. The van der Waals surface area contributed by atoms with E-state index in [2.05, 4.69) is 14.8 Å². The van der Waals surface area contributed by atoms with Gasteiger partial charge in [-0.15, -0.1) is 0 Å². The highest BCUT2D eigenvalue weighted by molar-refractivity contribution is 6.33. The quantitative estimate of drug-likeness (QED) is 0.274. The average molecular weight is 331 g/mol. The Morgan fingerprint density at radius 2 is 2.00 bits per heavy atom. The minimum absolute atomic E-state index is 0.129. The Morgan fingerprint density at radius 1 is 1.36 bits per heavy atom. The molecule has 1 rings (SSSR count). The highest BCUT2D eigenvalue weighted by atomic mass is 35.5. The van der Waals surface area contributed by atoms with Gasteiger partial charge in [-0.1, -0.05) is 11.6 Å². The summed E-state index contributed by atoms with van der Waals surface area (Å²) in [5, 5.41) is 22.6. The largest absolute Gasteiger partial charge is 0.506 e. The number of phenols is 1. The van der Waals surface area contributed by atoms with Crippen molar-refractivity contribution in [3.05, 3.63) is 39.0 Å². The molecule has 0 spiro atoms. The van der Waals surface area contributed by atoms with Crippen LogP contribution in [0.4, 0.5) is 11.4 Å². The van der Waals surface area contributed by atoms with Gasteiger partial charge >= 0.3 is 11.9 Å². The first-order valence-electron chi connectivity index (χ1n) is 5.62. The molecule has 9 nitrogen and oxygen atoms in total. The van der Waals surface area contributed by atoms with Gasteiger partial charge in [-0.05, 0) is 6.07 Å². The molecule has 0 saturated heterocycles. The topological polar surface area (TPSA) is 128 Å². The van der Waals surface area contributed by atoms with Crippen molar-refractivity contribution in [3.63, 3.8) is 0 Å². The zero-order valence-corrected chi connectivity index (χ0v) is 12.2. The predicted molar refractivity (Wildman–Crippen MR) is 75.5 cm³/mol. The lowest BCUT2D eigenvalue weighted by Gasteiger charge is -2.11. The second kappa shape index (κ2) is 7.27. The maximum atomic E-state index is 11.6. The van der Waals surface area contributed by atoms with Gasteiger partial charge in [0.05, 0.1) is 37.0 Å². The molecule has 0 aromatic heterocycles. The molecule has 0 aliphatic rings. The summed E-state index contributed by atoms with van der Waals surface area (Å²) in [6, 6.07) is 1.83. The number of rotatable bonds is 5. The van der Waals surface area contributed by atoms with Crippen LogP contribution in [0.1, 0.15) is 0 Å². The van der Waals surface area contributed by atoms with Crippen LogP contribution in [-0.2, 0) is 19.1 Å². The fourth-order valence-electron chi connectivity index (χ4n) is 1.37. The van der Waals surface area contributed by atoms with Crippen LogP contribution in [0.15, 0.2) is 23.9 Å². The molecule has 118 valence electrons. The van der Waals surface area contributed by atoms with Crippen molar-refractivity contribution < 1.29 is 29.1 Å². The number of nitrogens with one attached hydrogen (secondary N) is 1. The van der Waals surface area contributed by atoms with Crippen LogP contribution < -0.4 is 5.32 Å². The Labute approximate surface area is 129 Å². The second-order valence-electron chi connectivity index (χ2n) is 3.78. The third-order valence-electron chi connectivity index (χ3n) is 2.40. The van der Waals surface area contributed by atoms with Gasteiger partial charge in [-0.25, -0.2) is 9.59 Å². The van der Waals surface area contributed by atoms with E-state index in [9.17, 15) is 24.8 Å². The molecule has 1 aromatic carbocycles. The Kier molecular flexibility index (Phi) is 5.70. The number of aromatic hydroxyl groups is 1. The van der Waals surface area contributed by atoms with Crippen LogP contribution >= 0.6 is 11.6 Å². The van der Waals surface area contributed by atoms with Gasteiger partial charge in [-0.3, -0.25) is 10.1 Å². The number of carbonyl (C=O) groups excluding carboxylic acids is 2. The van der Waals surface area contributed by atoms with Gasteiger partial charge in [0, 0.05) is 0 Å². The van der Waals surface area contributed by atoms with Crippen molar-refractivity contribution in [1.82, 2.24) is 0 Å². The number of halogens is 1. The molecule has 0 bridgehead atoms. The number of ether oxygens (including phenoxy) is 2. The van der Waals surface area contributed by atoms with Gasteiger partial charge in [0.2, 0.25) is 0 Å². The lowest BCUT2D eigenvalue weighted by atomic mass is 10.2. The summed E-state index contributed by atoms with van der Waals surface area (Å²) in [6.45, 7) is 0. The molecule has 0 aliphatic heterocycles. The summed E-state index contributed by atoms with van der Waals surface area (Å²) in [6.07, 6.45) is 0.792. The third-order valence-corrected chi connectivity index (χ3v) is 2.70. The zero-order valence-electron chi connectivity index (χ0n) is 11.5. The first-order valence-corrected chi connectivity index (χ1v) is 5.99. The number of nitrogens with zero attached hydrogens (tertiary/aromatic N) is 1. The first-order chi connectivity index (χ1) is 10.3. The van der Waals surface area contributed by atoms with E-state index in [1.54, 1.807) is 0 Å². The minimum Gasteiger partial charge on any atom is -0.506 e.